The molecule has 4 aliphatic heterocycles. The minimum Gasteiger partial charge on any atom is -0.481 e. The topological polar surface area (TPSA) is 390 Å². The number of aliphatic carboxylic acids is 4. The summed E-state index contributed by atoms with van der Waals surface area (Å²) < 4.78 is 63.5. The van der Waals surface area contributed by atoms with Crippen LogP contribution >= 0.6 is 0 Å². The number of carbonyl (C=O) groups is 12. The van der Waals surface area contributed by atoms with Gasteiger partial charge in [0.15, 0.2) is 0 Å². The van der Waals surface area contributed by atoms with Gasteiger partial charge < -0.3 is 62.1 Å². The average Bonchev–Trinajstić information content (AvgIpc) is 1.62. The van der Waals surface area contributed by atoms with Gasteiger partial charge in [0.1, 0.15) is 36.3 Å². The van der Waals surface area contributed by atoms with Gasteiger partial charge in [0.05, 0.1) is 25.7 Å². The van der Waals surface area contributed by atoms with E-state index in [0.29, 0.717) is 69.8 Å². The van der Waals surface area contributed by atoms with Crippen molar-refractivity contribution in [2.45, 2.75) is 176 Å². The van der Waals surface area contributed by atoms with Crippen molar-refractivity contribution in [3.8, 4) is 0 Å². The Morgan fingerprint density at radius 1 is 0.406 bits per heavy atom. The predicted octanol–water partition coefficient (Wildman–Crippen LogP) is 5.65. The Morgan fingerprint density at radius 3 is 1.08 bits per heavy atom. The molecule has 4 saturated heterocycles. The average molecular weight is 1480 g/mol. The molecule has 6 heterocycles. The summed E-state index contributed by atoms with van der Waals surface area (Å²) in [4.78, 5) is 160. The zero-order valence-corrected chi connectivity index (χ0v) is 57.0. The van der Waals surface area contributed by atoms with E-state index in [4.69, 9.17) is 19.8 Å². The molecule has 2 aromatic heterocycles. The van der Waals surface area contributed by atoms with Crippen LogP contribution in [0.2, 0.25) is 0 Å². The van der Waals surface area contributed by atoms with Gasteiger partial charge in [-0.15, -0.1) is 0 Å². The Balaban J connectivity index is 0.000000250. The molecule has 32 heteroatoms. The summed E-state index contributed by atoms with van der Waals surface area (Å²) in [5, 5.41) is 50.5. The summed E-state index contributed by atoms with van der Waals surface area (Å²) in [7, 11) is 0. The monoisotopic (exact) mass is 1480 g/mol. The van der Waals surface area contributed by atoms with Crippen LogP contribution in [-0.2, 0) is 96.1 Å². The van der Waals surface area contributed by atoms with Gasteiger partial charge in [-0.1, -0.05) is 127 Å². The SMILES string of the molecule is O=C(O)C(F)(F)F.O=C(O)C(F)(F)F.O=C(O)C[C@H](Cc1ccccc1)NC(=O)[C@H](Cc1cccnc1)NC(=O)[C@@H]1CC[C@@H]2CCC(NC(=O)Cc3ccccc3)C(=O)N21.O=C(O)C[C@H](Cc1ccccc1)NC(=O)[C@H](Cc1ccncc1)NC(=O)[C@@H]1CC[C@@H]2CCC(NC(=O)Cc3ccccc3)C(=O)N21. The summed E-state index contributed by atoms with van der Waals surface area (Å²) in [5.41, 5.74) is 4.88. The molecule has 4 aliphatic rings. The number of pyridine rings is 2. The fraction of sp³-hybridized carbons (Fsp3) is 0.378. The number of benzene rings is 4. The second kappa shape index (κ2) is 39.3. The van der Waals surface area contributed by atoms with E-state index in [2.05, 4.69) is 41.9 Å². The predicted molar refractivity (Wildman–Crippen MR) is 366 cm³/mol. The first-order valence-corrected chi connectivity index (χ1v) is 33.8. The van der Waals surface area contributed by atoms with Crippen LogP contribution < -0.4 is 31.9 Å². The van der Waals surface area contributed by atoms with Gasteiger partial charge in [-0.05, 0) is 116 Å². The van der Waals surface area contributed by atoms with Gasteiger partial charge in [0.25, 0.3) is 0 Å². The van der Waals surface area contributed by atoms with Crippen molar-refractivity contribution < 1.29 is 104 Å². The molecule has 8 amide bonds. The van der Waals surface area contributed by atoms with Gasteiger partial charge in [-0.3, -0.25) is 57.9 Å². The molecule has 0 saturated carbocycles. The van der Waals surface area contributed by atoms with Gasteiger partial charge in [0, 0.05) is 61.8 Å². The van der Waals surface area contributed by atoms with E-state index in [9.17, 15) is 84.5 Å². The van der Waals surface area contributed by atoms with Crippen molar-refractivity contribution in [1.29, 1.82) is 0 Å². The quantitative estimate of drug-likeness (QED) is 0.0293. The van der Waals surface area contributed by atoms with E-state index in [1.54, 1.807) is 58.9 Å². The first-order chi connectivity index (χ1) is 50.4. The molecule has 10 N–H and O–H groups in total. The molecule has 0 radical (unpaired) electrons. The Bertz CT molecular complexity index is 3720. The van der Waals surface area contributed by atoms with E-state index >= 15 is 0 Å². The summed E-state index contributed by atoms with van der Waals surface area (Å²) in [6.45, 7) is 0. The molecule has 0 aliphatic carbocycles. The zero-order valence-electron chi connectivity index (χ0n) is 57.0. The number of carbonyl (C=O) groups excluding carboxylic acids is 8. The maximum absolute atomic E-state index is 13.8. The lowest BCUT2D eigenvalue weighted by atomic mass is 9.97. The van der Waals surface area contributed by atoms with Gasteiger partial charge in [-0.25, -0.2) is 9.59 Å². The molecular formula is C74H80F6N10O16. The van der Waals surface area contributed by atoms with Crippen molar-refractivity contribution in [3.63, 3.8) is 0 Å². The molecule has 106 heavy (non-hydrogen) atoms. The second-order valence-electron chi connectivity index (χ2n) is 25.5. The number of nitrogens with one attached hydrogen (secondary N) is 6. The summed E-state index contributed by atoms with van der Waals surface area (Å²) in [5.74, 6) is -10.7. The highest BCUT2D eigenvalue weighted by Crippen LogP contribution is 2.35. The Kier molecular flexibility index (Phi) is 30.3. The van der Waals surface area contributed by atoms with Crippen molar-refractivity contribution in [1.82, 2.24) is 51.7 Å². The Labute approximate surface area is 604 Å². The lowest BCUT2D eigenvalue weighted by Gasteiger charge is -2.38. The molecule has 10 rings (SSSR count). The molecule has 26 nitrogen and oxygen atoms in total. The third kappa shape index (κ3) is 26.0. The van der Waals surface area contributed by atoms with Crippen LogP contribution in [0.4, 0.5) is 26.3 Å². The highest BCUT2D eigenvalue weighted by molar-refractivity contribution is 5.97. The third-order valence-corrected chi connectivity index (χ3v) is 17.7. The summed E-state index contributed by atoms with van der Waals surface area (Å²) >= 11 is 0. The lowest BCUT2D eigenvalue weighted by molar-refractivity contribution is -0.193. The van der Waals surface area contributed by atoms with Crippen molar-refractivity contribution >= 4 is 71.1 Å². The molecule has 6 aromatic rings. The van der Waals surface area contributed by atoms with E-state index in [0.717, 1.165) is 27.8 Å². The second-order valence-corrected chi connectivity index (χ2v) is 25.5. The molecule has 10 atom stereocenters. The van der Waals surface area contributed by atoms with Gasteiger partial charge >= 0.3 is 36.2 Å². The number of carboxylic acid groups (broad SMARTS) is 4. The maximum Gasteiger partial charge on any atom is 0.490 e. The number of fused-ring (bicyclic) bond motifs is 2. The van der Waals surface area contributed by atoms with Crippen molar-refractivity contribution in [2.75, 3.05) is 0 Å². The number of piperidine rings is 2. The fourth-order valence-corrected chi connectivity index (χ4v) is 12.8. The molecule has 4 aromatic carbocycles. The number of hydrogen-bond donors (Lipinski definition) is 10. The van der Waals surface area contributed by atoms with Crippen molar-refractivity contribution in [2.24, 2.45) is 0 Å². The van der Waals surface area contributed by atoms with Crippen LogP contribution in [0.5, 0.6) is 0 Å². The number of alkyl halides is 6. The number of carboxylic acids is 4. The standard InChI is InChI=1S/2C35H39N5O6.2C2HF3O2/c41-31(20-24-10-5-2-6-11-24)38-28-15-13-27-14-16-30(40(27)35(28)46)34(45)39-29(19-25-12-7-17-36-22-25)33(44)37-26(21-32(42)43)18-23-8-3-1-4-9-23;41-31(21-24-9-5-2-6-10-24)38-28-13-11-27-12-14-30(40(27)35(28)46)34(45)39-29(20-25-15-17-36-18-16-25)33(44)37-26(22-32(42)43)19-23-7-3-1-4-8-23;2*3-2(4,5)1(6)7/h1-12,17,22,26-30H,13-16,18-21H2,(H,37,44)(H,38,41)(H,39,45)(H,42,43);1-10,15-18,26-30H,11-14,19-22H2,(H,37,44)(H,38,41)(H,39,45)(H,42,43);2*(H,6,7)/t2*26-,27-,28?,29-,30-;;/m00../s1. The minimum absolute atomic E-state index is 0.121. The first-order valence-electron chi connectivity index (χ1n) is 33.8. The van der Waals surface area contributed by atoms with E-state index < -0.39 is 108 Å². The summed E-state index contributed by atoms with van der Waals surface area (Å²) in [6.07, 6.45) is 1.28. The number of aromatic nitrogens is 2. The van der Waals surface area contributed by atoms with E-state index in [1.165, 1.54) is 0 Å². The highest BCUT2D eigenvalue weighted by atomic mass is 19.4. The van der Waals surface area contributed by atoms with Gasteiger partial charge in [0.2, 0.25) is 47.3 Å². The van der Waals surface area contributed by atoms with E-state index in [-0.39, 0.29) is 74.2 Å². The van der Waals surface area contributed by atoms with Crippen LogP contribution in [0, 0.1) is 0 Å². The molecule has 0 bridgehead atoms. The number of hydrogen-bond acceptors (Lipinski definition) is 14. The maximum atomic E-state index is 13.8. The summed E-state index contributed by atoms with van der Waals surface area (Å²) in [6, 6.07) is 37.3. The Hall–Kier alpha value is -11.6. The number of halogens is 6. The minimum atomic E-state index is -5.08. The molecule has 2 unspecified atom stereocenters. The van der Waals surface area contributed by atoms with E-state index in [1.807, 2.05) is 121 Å². The molecule has 4 fully saturated rings. The number of rotatable bonds is 26. The highest BCUT2D eigenvalue weighted by Gasteiger charge is 2.49. The number of nitrogens with zero attached hydrogens (tertiary/aromatic N) is 4. The smallest absolute Gasteiger partial charge is 0.481 e. The first kappa shape index (κ1) is 81.7. The number of amides is 8. The van der Waals surface area contributed by atoms with Crippen LogP contribution in [-0.4, -0.2) is 184 Å². The van der Waals surface area contributed by atoms with Crippen molar-refractivity contribution in [3.05, 3.63) is 204 Å². The van der Waals surface area contributed by atoms with Crippen LogP contribution in [0.15, 0.2) is 170 Å². The molecule has 564 valence electrons. The Morgan fingerprint density at radius 2 is 0.736 bits per heavy atom. The van der Waals surface area contributed by atoms with Crippen LogP contribution in [0.25, 0.3) is 0 Å². The largest absolute Gasteiger partial charge is 0.490 e. The van der Waals surface area contributed by atoms with Gasteiger partial charge in [-0.2, -0.15) is 26.3 Å². The molecule has 0 spiro atoms. The molecular weight excluding hydrogens is 1400 g/mol. The normalized spacial score (nSPS) is 19.0. The van der Waals surface area contributed by atoms with Crippen LogP contribution in [0.3, 0.4) is 0 Å². The lowest BCUT2D eigenvalue weighted by Crippen LogP contribution is -2.60. The zero-order chi connectivity index (χ0) is 77.1. The fourth-order valence-electron chi connectivity index (χ4n) is 12.8. The van der Waals surface area contributed by atoms with Crippen LogP contribution in [0.1, 0.15) is 97.6 Å². The third-order valence-electron chi connectivity index (χ3n) is 17.7.